The minimum absolute atomic E-state index is 0.228. The standard InChI is InChI=1S/C20H19F3IN3O/c1-19(2,3)11-16(28)26-18-17(27-14(24)8-5-9-15(27)25-18)12-6-4-7-13(10-12)20(21,22)23/h4-10H,11H2,1-3H3,(H,26,28). The van der Waals surface area contributed by atoms with Crippen LogP contribution < -0.4 is 5.32 Å². The number of fused-ring (bicyclic) bond motifs is 1. The summed E-state index contributed by atoms with van der Waals surface area (Å²) in [5.74, 6) is 0.0110. The molecule has 148 valence electrons. The van der Waals surface area contributed by atoms with E-state index >= 15 is 0 Å². The Kier molecular flexibility index (Phi) is 5.44. The van der Waals surface area contributed by atoms with Crippen molar-refractivity contribution in [3.8, 4) is 11.3 Å². The van der Waals surface area contributed by atoms with Crippen LogP contribution in [0.3, 0.4) is 0 Å². The number of hydrogen-bond donors (Lipinski definition) is 1. The van der Waals surface area contributed by atoms with E-state index in [1.165, 1.54) is 6.07 Å². The molecule has 0 aliphatic rings. The van der Waals surface area contributed by atoms with E-state index in [-0.39, 0.29) is 23.6 Å². The van der Waals surface area contributed by atoms with E-state index in [4.69, 9.17) is 0 Å². The van der Waals surface area contributed by atoms with E-state index in [1.54, 1.807) is 22.6 Å². The van der Waals surface area contributed by atoms with Crippen molar-refractivity contribution in [2.45, 2.75) is 33.4 Å². The Bertz CT molecular complexity index is 1040. The smallest absolute Gasteiger partial charge is 0.309 e. The Morgan fingerprint density at radius 3 is 2.46 bits per heavy atom. The topological polar surface area (TPSA) is 46.4 Å². The fourth-order valence-electron chi connectivity index (χ4n) is 2.91. The number of hydrogen-bond acceptors (Lipinski definition) is 2. The van der Waals surface area contributed by atoms with Crippen LogP contribution in [0, 0.1) is 9.12 Å². The molecule has 0 saturated carbocycles. The van der Waals surface area contributed by atoms with Crippen molar-refractivity contribution in [3.05, 3.63) is 51.7 Å². The minimum Gasteiger partial charge on any atom is -0.309 e. The van der Waals surface area contributed by atoms with E-state index in [0.717, 1.165) is 15.8 Å². The van der Waals surface area contributed by atoms with Gasteiger partial charge in [0.1, 0.15) is 5.65 Å². The lowest BCUT2D eigenvalue weighted by atomic mass is 9.92. The second-order valence-electron chi connectivity index (χ2n) is 7.72. The van der Waals surface area contributed by atoms with Crippen molar-refractivity contribution in [3.63, 3.8) is 0 Å². The number of nitrogens with zero attached hydrogens (tertiary/aromatic N) is 2. The average molecular weight is 501 g/mol. The number of rotatable bonds is 3. The Labute approximate surface area is 174 Å². The molecule has 2 heterocycles. The molecule has 0 saturated heterocycles. The lowest BCUT2D eigenvalue weighted by molar-refractivity contribution is -0.137. The van der Waals surface area contributed by atoms with E-state index in [2.05, 4.69) is 32.9 Å². The highest BCUT2D eigenvalue weighted by molar-refractivity contribution is 14.1. The number of nitrogens with one attached hydrogen (secondary N) is 1. The first-order chi connectivity index (χ1) is 13.0. The van der Waals surface area contributed by atoms with Crippen LogP contribution in [-0.2, 0) is 11.0 Å². The number of carbonyl (C=O) groups is 1. The summed E-state index contributed by atoms with van der Waals surface area (Å²) in [6, 6.07) is 10.4. The van der Waals surface area contributed by atoms with Gasteiger partial charge in [0.05, 0.1) is 15.0 Å². The van der Waals surface area contributed by atoms with Crippen LogP contribution in [0.15, 0.2) is 42.5 Å². The van der Waals surface area contributed by atoms with Gasteiger partial charge >= 0.3 is 6.18 Å². The lowest BCUT2D eigenvalue weighted by Gasteiger charge is -2.17. The zero-order valence-electron chi connectivity index (χ0n) is 15.6. The molecule has 0 aliphatic heterocycles. The molecule has 0 spiro atoms. The molecule has 1 N–H and O–H groups in total. The molecule has 0 bridgehead atoms. The fraction of sp³-hybridized carbons (Fsp3) is 0.300. The molecule has 28 heavy (non-hydrogen) atoms. The molecular formula is C20H19F3IN3O. The first-order valence-corrected chi connectivity index (χ1v) is 9.68. The van der Waals surface area contributed by atoms with Crippen molar-refractivity contribution in [1.29, 1.82) is 0 Å². The molecule has 3 aromatic rings. The second kappa shape index (κ2) is 7.38. The number of imidazole rings is 1. The van der Waals surface area contributed by atoms with Gasteiger partial charge in [0.15, 0.2) is 5.82 Å². The molecule has 2 aromatic heterocycles. The SMILES string of the molecule is CC(C)(C)CC(=O)Nc1nc2cccc(I)n2c1-c1cccc(C(F)(F)F)c1. The third kappa shape index (κ3) is 4.48. The maximum atomic E-state index is 13.2. The van der Waals surface area contributed by atoms with Gasteiger partial charge in [0.2, 0.25) is 5.91 Å². The number of amides is 1. The summed E-state index contributed by atoms with van der Waals surface area (Å²) in [4.78, 5) is 16.9. The molecule has 1 amide bonds. The van der Waals surface area contributed by atoms with Gasteiger partial charge in [-0.2, -0.15) is 13.2 Å². The molecule has 3 rings (SSSR count). The third-order valence-electron chi connectivity index (χ3n) is 4.01. The second-order valence-corrected chi connectivity index (χ2v) is 8.82. The summed E-state index contributed by atoms with van der Waals surface area (Å²) in [5, 5.41) is 2.78. The Balaban J connectivity index is 2.16. The molecule has 4 nitrogen and oxygen atoms in total. The van der Waals surface area contributed by atoms with Gasteiger partial charge in [0.25, 0.3) is 0 Å². The van der Waals surface area contributed by atoms with Gasteiger partial charge in [0, 0.05) is 12.0 Å². The highest BCUT2D eigenvalue weighted by Gasteiger charge is 2.31. The first kappa shape index (κ1) is 20.6. The summed E-state index contributed by atoms with van der Waals surface area (Å²) in [5.41, 5.74) is 0.322. The number of carbonyl (C=O) groups excluding carboxylic acids is 1. The lowest BCUT2D eigenvalue weighted by Crippen LogP contribution is -2.20. The van der Waals surface area contributed by atoms with Gasteiger partial charge in [-0.05, 0) is 52.3 Å². The summed E-state index contributed by atoms with van der Waals surface area (Å²) in [7, 11) is 0. The minimum atomic E-state index is -4.46. The summed E-state index contributed by atoms with van der Waals surface area (Å²) < 4.78 is 42.1. The van der Waals surface area contributed by atoms with Crippen molar-refractivity contribution in [2.24, 2.45) is 5.41 Å². The molecule has 0 unspecified atom stereocenters. The van der Waals surface area contributed by atoms with Crippen molar-refractivity contribution in [2.75, 3.05) is 5.32 Å². The van der Waals surface area contributed by atoms with Gasteiger partial charge in [-0.25, -0.2) is 4.98 Å². The van der Waals surface area contributed by atoms with Crippen LogP contribution >= 0.6 is 22.6 Å². The number of pyridine rings is 1. The molecule has 1 aromatic carbocycles. The number of anilines is 1. The van der Waals surface area contributed by atoms with Gasteiger partial charge in [-0.1, -0.05) is 39.0 Å². The molecule has 0 atom stereocenters. The molecule has 0 radical (unpaired) electrons. The third-order valence-corrected chi connectivity index (χ3v) is 4.85. The van der Waals surface area contributed by atoms with Gasteiger partial charge in [-0.3, -0.25) is 9.20 Å². The summed E-state index contributed by atoms with van der Waals surface area (Å²) in [6.45, 7) is 5.81. The number of halogens is 4. The monoisotopic (exact) mass is 501 g/mol. The predicted molar refractivity (Wildman–Crippen MR) is 111 cm³/mol. The van der Waals surface area contributed by atoms with Crippen LogP contribution in [0.1, 0.15) is 32.8 Å². The summed E-state index contributed by atoms with van der Waals surface area (Å²) >= 11 is 2.09. The van der Waals surface area contributed by atoms with Crippen molar-refractivity contribution < 1.29 is 18.0 Å². The Morgan fingerprint density at radius 1 is 1.14 bits per heavy atom. The molecular weight excluding hydrogens is 482 g/mol. The zero-order valence-corrected chi connectivity index (χ0v) is 17.7. The normalized spacial score (nSPS) is 12.4. The summed E-state index contributed by atoms with van der Waals surface area (Å²) in [6.07, 6.45) is -4.20. The van der Waals surface area contributed by atoms with Crippen molar-refractivity contribution >= 4 is 40.0 Å². The van der Waals surface area contributed by atoms with E-state index in [9.17, 15) is 18.0 Å². The van der Waals surface area contributed by atoms with Crippen LogP contribution in [0.4, 0.5) is 19.0 Å². The first-order valence-electron chi connectivity index (χ1n) is 8.60. The Hall–Kier alpha value is -2.10. The maximum absolute atomic E-state index is 13.2. The van der Waals surface area contributed by atoms with E-state index in [0.29, 0.717) is 16.9 Å². The Morgan fingerprint density at radius 2 is 1.82 bits per heavy atom. The van der Waals surface area contributed by atoms with Gasteiger partial charge < -0.3 is 5.32 Å². The molecule has 8 heteroatoms. The average Bonchev–Trinajstić information content (AvgIpc) is 2.91. The quantitative estimate of drug-likeness (QED) is 0.354. The number of aromatic nitrogens is 2. The van der Waals surface area contributed by atoms with Crippen LogP contribution in [0.2, 0.25) is 0 Å². The van der Waals surface area contributed by atoms with Crippen LogP contribution in [0.25, 0.3) is 16.9 Å². The molecule has 0 fully saturated rings. The van der Waals surface area contributed by atoms with E-state index in [1.807, 2.05) is 26.8 Å². The molecule has 0 aliphatic carbocycles. The predicted octanol–water partition coefficient (Wildman–Crippen LogP) is 6.00. The van der Waals surface area contributed by atoms with Crippen LogP contribution in [-0.4, -0.2) is 15.3 Å². The number of alkyl halides is 3. The van der Waals surface area contributed by atoms with E-state index < -0.39 is 11.7 Å². The largest absolute Gasteiger partial charge is 0.416 e. The maximum Gasteiger partial charge on any atom is 0.416 e. The van der Waals surface area contributed by atoms with Crippen LogP contribution in [0.5, 0.6) is 0 Å². The highest BCUT2D eigenvalue weighted by atomic mass is 127. The van der Waals surface area contributed by atoms with Gasteiger partial charge in [-0.15, -0.1) is 0 Å². The highest BCUT2D eigenvalue weighted by Crippen LogP contribution is 2.36. The zero-order chi connectivity index (χ0) is 20.7. The fourth-order valence-corrected chi connectivity index (χ4v) is 3.60. The van der Waals surface area contributed by atoms with Crippen molar-refractivity contribution in [1.82, 2.24) is 9.38 Å². The number of benzene rings is 1.